The number of urea groups is 1. The van der Waals surface area contributed by atoms with Gasteiger partial charge >= 0.3 is 6.03 Å². The Labute approximate surface area is 185 Å². The molecule has 160 valence electrons. The van der Waals surface area contributed by atoms with E-state index in [1.807, 2.05) is 12.1 Å². The highest BCUT2D eigenvalue weighted by Crippen LogP contribution is 2.35. The quantitative estimate of drug-likeness (QED) is 0.466. The van der Waals surface area contributed by atoms with Gasteiger partial charge in [0.25, 0.3) is 5.91 Å². The first kappa shape index (κ1) is 21.0. The molecule has 2 N–H and O–H groups in total. The number of amides is 4. The standard InChI is InChI=1S/C25H21N3O4/c1-17(29)18-12-14-21(15-13-18)26-22(30)16-28-23(31)25(27-24(28)32,19-8-4-2-5-9-19)20-10-6-3-7-11-20/h2-15H,16H2,1H3,(H,26,30)(H,27,32). The van der Waals surface area contributed by atoms with Crippen LogP contribution in [-0.2, 0) is 15.1 Å². The molecule has 7 nitrogen and oxygen atoms in total. The van der Waals surface area contributed by atoms with Crippen molar-refractivity contribution < 1.29 is 19.2 Å². The average molecular weight is 427 g/mol. The third kappa shape index (κ3) is 3.76. The molecule has 1 aliphatic heterocycles. The van der Waals surface area contributed by atoms with Crippen molar-refractivity contribution >= 4 is 29.3 Å². The third-order valence-corrected chi connectivity index (χ3v) is 5.40. The van der Waals surface area contributed by atoms with Crippen LogP contribution in [0, 0.1) is 0 Å². The first-order valence-corrected chi connectivity index (χ1v) is 10.1. The molecular weight excluding hydrogens is 406 g/mol. The zero-order valence-corrected chi connectivity index (χ0v) is 17.4. The van der Waals surface area contributed by atoms with Crippen molar-refractivity contribution in [2.24, 2.45) is 0 Å². The van der Waals surface area contributed by atoms with Gasteiger partial charge in [-0.05, 0) is 42.3 Å². The summed E-state index contributed by atoms with van der Waals surface area (Å²) >= 11 is 0. The molecule has 3 aromatic rings. The normalized spacial score (nSPS) is 14.7. The van der Waals surface area contributed by atoms with E-state index in [1.54, 1.807) is 72.8 Å². The van der Waals surface area contributed by atoms with Gasteiger partial charge in [-0.25, -0.2) is 4.79 Å². The number of hydrogen-bond donors (Lipinski definition) is 2. The van der Waals surface area contributed by atoms with Crippen molar-refractivity contribution in [3.05, 3.63) is 102 Å². The van der Waals surface area contributed by atoms with E-state index in [4.69, 9.17) is 0 Å². The van der Waals surface area contributed by atoms with E-state index in [1.165, 1.54) is 6.92 Å². The summed E-state index contributed by atoms with van der Waals surface area (Å²) in [6, 6.07) is 23.6. The van der Waals surface area contributed by atoms with Crippen molar-refractivity contribution in [3.8, 4) is 0 Å². The molecule has 32 heavy (non-hydrogen) atoms. The van der Waals surface area contributed by atoms with Crippen molar-refractivity contribution in [1.82, 2.24) is 10.2 Å². The lowest BCUT2D eigenvalue weighted by atomic mass is 9.82. The van der Waals surface area contributed by atoms with Gasteiger partial charge < -0.3 is 10.6 Å². The lowest BCUT2D eigenvalue weighted by Gasteiger charge is -2.28. The Morgan fingerprint density at radius 2 is 1.38 bits per heavy atom. The van der Waals surface area contributed by atoms with Gasteiger partial charge in [0.15, 0.2) is 11.3 Å². The molecule has 0 atom stereocenters. The molecule has 0 saturated carbocycles. The van der Waals surface area contributed by atoms with Crippen LogP contribution in [0.15, 0.2) is 84.9 Å². The summed E-state index contributed by atoms with van der Waals surface area (Å²) in [5.74, 6) is -1.14. The van der Waals surface area contributed by atoms with Crippen LogP contribution in [0.4, 0.5) is 10.5 Å². The zero-order valence-electron chi connectivity index (χ0n) is 17.4. The van der Waals surface area contributed by atoms with Crippen LogP contribution in [0.3, 0.4) is 0 Å². The van der Waals surface area contributed by atoms with Crippen molar-refractivity contribution in [2.45, 2.75) is 12.5 Å². The number of rotatable bonds is 6. The monoisotopic (exact) mass is 427 g/mol. The Kier molecular flexibility index (Phi) is 5.55. The lowest BCUT2D eigenvalue weighted by molar-refractivity contribution is -0.133. The molecule has 0 aromatic heterocycles. The van der Waals surface area contributed by atoms with E-state index in [9.17, 15) is 19.2 Å². The minimum Gasteiger partial charge on any atom is -0.325 e. The first-order valence-electron chi connectivity index (χ1n) is 10.1. The molecule has 3 aromatic carbocycles. The first-order chi connectivity index (χ1) is 15.4. The Hall–Kier alpha value is -4.26. The summed E-state index contributed by atoms with van der Waals surface area (Å²) in [5, 5.41) is 5.47. The largest absolute Gasteiger partial charge is 0.326 e. The molecule has 0 aliphatic carbocycles. The fourth-order valence-electron chi connectivity index (χ4n) is 3.79. The highest BCUT2D eigenvalue weighted by Gasteiger charge is 2.54. The van der Waals surface area contributed by atoms with Crippen LogP contribution in [-0.4, -0.2) is 35.1 Å². The highest BCUT2D eigenvalue weighted by atomic mass is 16.2. The summed E-state index contributed by atoms with van der Waals surface area (Å²) in [7, 11) is 0. The number of nitrogens with zero attached hydrogens (tertiary/aromatic N) is 1. The number of imide groups is 1. The topological polar surface area (TPSA) is 95.6 Å². The van der Waals surface area contributed by atoms with Crippen LogP contribution < -0.4 is 10.6 Å². The summed E-state index contributed by atoms with van der Waals surface area (Å²) < 4.78 is 0. The smallest absolute Gasteiger partial charge is 0.325 e. The van der Waals surface area contributed by atoms with E-state index in [-0.39, 0.29) is 5.78 Å². The summed E-state index contributed by atoms with van der Waals surface area (Å²) in [5.41, 5.74) is 0.778. The van der Waals surface area contributed by atoms with Gasteiger partial charge in [-0.15, -0.1) is 0 Å². The predicted molar refractivity (Wildman–Crippen MR) is 119 cm³/mol. The Balaban J connectivity index is 1.59. The van der Waals surface area contributed by atoms with Crippen molar-refractivity contribution in [1.29, 1.82) is 0 Å². The molecule has 1 heterocycles. The van der Waals surface area contributed by atoms with Gasteiger partial charge in [-0.2, -0.15) is 0 Å². The summed E-state index contributed by atoms with van der Waals surface area (Å²) in [6.45, 7) is 1.01. The number of Topliss-reactive ketones (excluding diaryl/α,β-unsaturated/α-hetero) is 1. The molecule has 4 amide bonds. The zero-order chi connectivity index (χ0) is 22.7. The third-order valence-electron chi connectivity index (χ3n) is 5.40. The Bertz CT molecular complexity index is 1140. The van der Waals surface area contributed by atoms with Gasteiger partial charge in [0, 0.05) is 11.3 Å². The minimum atomic E-state index is -1.41. The van der Waals surface area contributed by atoms with Crippen LogP contribution in [0.5, 0.6) is 0 Å². The van der Waals surface area contributed by atoms with Crippen LogP contribution in [0.2, 0.25) is 0 Å². The van der Waals surface area contributed by atoms with Gasteiger partial charge in [0.05, 0.1) is 0 Å². The lowest BCUT2D eigenvalue weighted by Crippen LogP contribution is -2.45. The van der Waals surface area contributed by atoms with Crippen LogP contribution >= 0.6 is 0 Å². The van der Waals surface area contributed by atoms with Gasteiger partial charge in [-0.3, -0.25) is 19.3 Å². The maximum absolute atomic E-state index is 13.6. The van der Waals surface area contributed by atoms with E-state index in [0.29, 0.717) is 22.4 Å². The van der Waals surface area contributed by atoms with Crippen molar-refractivity contribution in [3.63, 3.8) is 0 Å². The SMILES string of the molecule is CC(=O)c1ccc(NC(=O)CN2C(=O)NC(c3ccccc3)(c3ccccc3)C2=O)cc1. The summed E-state index contributed by atoms with van der Waals surface area (Å²) in [4.78, 5) is 51.3. The van der Waals surface area contributed by atoms with Crippen LogP contribution in [0.25, 0.3) is 0 Å². The fourth-order valence-corrected chi connectivity index (χ4v) is 3.79. The second-order valence-electron chi connectivity index (χ2n) is 7.49. The Morgan fingerprint density at radius 1 is 0.844 bits per heavy atom. The molecule has 7 heteroatoms. The van der Waals surface area contributed by atoms with E-state index in [2.05, 4.69) is 10.6 Å². The predicted octanol–water partition coefficient (Wildman–Crippen LogP) is 3.32. The molecule has 0 spiro atoms. The van der Waals surface area contributed by atoms with Gasteiger partial charge in [-0.1, -0.05) is 60.7 Å². The second-order valence-corrected chi connectivity index (χ2v) is 7.49. The minimum absolute atomic E-state index is 0.0830. The van der Waals surface area contributed by atoms with Crippen molar-refractivity contribution in [2.75, 3.05) is 11.9 Å². The van der Waals surface area contributed by atoms with E-state index in [0.717, 1.165) is 4.90 Å². The van der Waals surface area contributed by atoms with E-state index < -0.39 is 29.9 Å². The van der Waals surface area contributed by atoms with E-state index >= 15 is 0 Å². The highest BCUT2D eigenvalue weighted by molar-refractivity contribution is 6.12. The molecule has 0 radical (unpaired) electrons. The average Bonchev–Trinajstić information content (AvgIpc) is 3.06. The number of benzene rings is 3. The molecule has 0 bridgehead atoms. The van der Waals surface area contributed by atoms with Gasteiger partial charge in [0.1, 0.15) is 6.54 Å². The number of anilines is 1. The number of hydrogen-bond acceptors (Lipinski definition) is 4. The summed E-state index contributed by atoms with van der Waals surface area (Å²) in [6.07, 6.45) is 0. The number of carbonyl (C=O) groups is 4. The maximum Gasteiger partial charge on any atom is 0.326 e. The number of nitrogens with one attached hydrogen (secondary N) is 2. The van der Waals surface area contributed by atoms with Gasteiger partial charge in [0.2, 0.25) is 5.91 Å². The van der Waals surface area contributed by atoms with Crippen LogP contribution in [0.1, 0.15) is 28.4 Å². The molecule has 1 aliphatic rings. The fraction of sp³-hybridized carbons (Fsp3) is 0.120. The second kappa shape index (κ2) is 8.47. The molecule has 0 unspecified atom stereocenters. The Morgan fingerprint density at radius 3 is 1.88 bits per heavy atom. The molecule has 1 fully saturated rings. The molecule has 4 rings (SSSR count). The molecule has 1 saturated heterocycles. The maximum atomic E-state index is 13.6. The number of carbonyl (C=O) groups excluding carboxylic acids is 4. The molecular formula is C25H21N3O4. The number of ketones is 1.